The molecule has 4 nitrogen and oxygen atoms in total. The Bertz CT molecular complexity index is 500. The van der Waals surface area contributed by atoms with Gasteiger partial charge in [0, 0.05) is 24.6 Å². The molecule has 0 bridgehead atoms. The van der Waals surface area contributed by atoms with E-state index in [0.29, 0.717) is 17.6 Å². The fourth-order valence-electron chi connectivity index (χ4n) is 2.73. The molecule has 1 atom stereocenters. The number of rotatable bonds is 2. The van der Waals surface area contributed by atoms with Gasteiger partial charge in [0.25, 0.3) is 0 Å². The summed E-state index contributed by atoms with van der Waals surface area (Å²) in [5, 5.41) is 10.8. The number of halogens is 1. The molecule has 1 aromatic rings. The molecule has 19 heavy (non-hydrogen) atoms. The first kappa shape index (κ1) is 13.1. The summed E-state index contributed by atoms with van der Waals surface area (Å²) < 4.78 is 0. The Hall–Kier alpha value is -0.870. The summed E-state index contributed by atoms with van der Waals surface area (Å²) in [5.74, 6) is 2.26. The molecule has 0 spiro atoms. The molecule has 104 valence electrons. The molecule has 2 fully saturated rings. The third-order valence-corrected chi connectivity index (χ3v) is 4.36. The van der Waals surface area contributed by atoms with Crippen molar-refractivity contribution in [3.63, 3.8) is 0 Å². The largest absolute Gasteiger partial charge is 0.388 e. The number of β-amino-alcohol motifs (C(OH)–C–C–N with tert-alkyl or cyclic N) is 1. The molecule has 1 aliphatic carbocycles. The predicted octanol–water partition coefficient (Wildman–Crippen LogP) is 2.67. The Kier molecular flexibility index (Phi) is 3.18. The highest BCUT2D eigenvalue weighted by molar-refractivity contribution is 6.30. The Labute approximate surface area is 118 Å². The summed E-state index contributed by atoms with van der Waals surface area (Å²) in [4.78, 5) is 11.2. The van der Waals surface area contributed by atoms with Crippen molar-refractivity contribution in [1.29, 1.82) is 0 Å². The highest BCUT2D eigenvalue weighted by Crippen LogP contribution is 2.40. The van der Waals surface area contributed by atoms with Crippen LogP contribution in [0.3, 0.4) is 0 Å². The van der Waals surface area contributed by atoms with Crippen molar-refractivity contribution in [2.45, 2.75) is 51.0 Å². The van der Waals surface area contributed by atoms with E-state index in [-0.39, 0.29) is 0 Å². The lowest BCUT2D eigenvalue weighted by atomic mass is 9.95. The summed E-state index contributed by atoms with van der Waals surface area (Å²) in [6.45, 7) is 5.39. The van der Waals surface area contributed by atoms with Crippen molar-refractivity contribution in [3.05, 3.63) is 16.5 Å². The minimum absolute atomic E-state index is 0.488. The third-order valence-electron chi connectivity index (χ3n) is 3.99. The van der Waals surface area contributed by atoms with E-state index in [1.54, 1.807) is 0 Å². The molecule has 3 rings (SSSR count). The quantitative estimate of drug-likeness (QED) is 0.847. The molecule has 1 saturated heterocycles. The van der Waals surface area contributed by atoms with Gasteiger partial charge in [-0.3, -0.25) is 0 Å². The zero-order valence-corrected chi connectivity index (χ0v) is 12.2. The molecule has 1 N–H and O–H groups in total. The van der Waals surface area contributed by atoms with E-state index in [1.807, 2.05) is 13.8 Å². The van der Waals surface area contributed by atoms with Gasteiger partial charge in [-0.2, -0.15) is 0 Å². The fourth-order valence-corrected chi connectivity index (χ4v) is 2.90. The zero-order chi connectivity index (χ0) is 13.6. The van der Waals surface area contributed by atoms with Crippen molar-refractivity contribution >= 4 is 17.4 Å². The van der Waals surface area contributed by atoms with Crippen LogP contribution in [0.4, 0.5) is 5.82 Å². The van der Waals surface area contributed by atoms with Crippen LogP contribution in [0.25, 0.3) is 0 Å². The van der Waals surface area contributed by atoms with E-state index in [2.05, 4.69) is 9.88 Å². The van der Waals surface area contributed by atoms with Crippen molar-refractivity contribution in [2.24, 2.45) is 0 Å². The maximum Gasteiger partial charge on any atom is 0.137 e. The molecule has 1 unspecified atom stereocenters. The van der Waals surface area contributed by atoms with Crippen LogP contribution in [0.2, 0.25) is 5.15 Å². The predicted molar refractivity (Wildman–Crippen MR) is 75.8 cm³/mol. The summed E-state index contributed by atoms with van der Waals surface area (Å²) >= 11 is 6.24. The second kappa shape index (κ2) is 4.60. The lowest BCUT2D eigenvalue weighted by Crippen LogP contribution is -2.46. The molecule has 0 radical (unpaired) electrons. The molecule has 5 heteroatoms. The first-order chi connectivity index (χ1) is 8.96. The Balaban J connectivity index is 1.94. The minimum atomic E-state index is -0.637. The number of anilines is 1. The number of piperidine rings is 1. The molecule has 2 aliphatic rings. The van der Waals surface area contributed by atoms with Crippen LogP contribution in [0.5, 0.6) is 0 Å². The van der Waals surface area contributed by atoms with Gasteiger partial charge in [-0.1, -0.05) is 11.6 Å². The average molecular weight is 282 g/mol. The molecular formula is C14H20ClN3O. The van der Waals surface area contributed by atoms with Crippen LogP contribution in [0.1, 0.15) is 49.9 Å². The Morgan fingerprint density at radius 2 is 2.11 bits per heavy atom. The highest BCUT2D eigenvalue weighted by Gasteiger charge is 2.32. The van der Waals surface area contributed by atoms with E-state index in [9.17, 15) is 5.11 Å². The summed E-state index contributed by atoms with van der Waals surface area (Å²) in [7, 11) is 0. The normalized spacial score (nSPS) is 27.7. The second-order valence-electron chi connectivity index (χ2n) is 6.12. The lowest BCUT2D eigenvalue weighted by Gasteiger charge is -2.38. The third kappa shape index (κ3) is 2.70. The lowest BCUT2D eigenvalue weighted by molar-refractivity contribution is 0.0446. The topological polar surface area (TPSA) is 49.2 Å². The van der Waals surface area contributed by atoms with Gasteiger partial charge in [-0.15, -0.1) is 0 Å². The molecule has 1 aromatic heterocycles. The fraction of sp³-hybridized carbons (Fsp3) is 0.714. The van der Waals surface area contributed by atoms with Crippen LogP contribution in [0, 0.1) is 6.92 Å². The molecular weight excluding hydrogens is 262 g/mol. The van der Waals surface area contributed by atoms with E-state index < -0.39 is 5.60 Å². The van der Waals surface area contributed by atoms with Crippen molar-refractivity contribution in [3.8, 4) is 0 Å². The van der Waals surface area contributed by atoms with E-state index in [4.69, 9.17) is 16.6 Å². The number of aromatic nitrogens is 2. The highest BCUT2D eigenvalue weighted by atomic mass is 35.5. The minimum Gasteiger partial charge on any atom is -0.388 e. The zero-order valence-electron chi connectivity index (χ0n) is 11.5. The van der Waals surface area contributed by atoms with E-state index in [0.717, 1.165) is 49.4 Å². The van der Waals surface area contributed by atoms with Crippen LogP contribution in [-0.2, 0) is 0 Å². The molecule has 0 aromatic carbocycles. The summed E-state index contributed by atoms with van der Waals surface area (Å²) in [6, 6.07) is 0. The Morgan fingerprint density at radius 1 is 1.37 bits per heavy atom. The number of aliphatic hydroxyl groups is 1. The van der Waals surface area contributed by atoms with Gasteiger partial charge in [-0.05, 0) is 39.5 Å². The SMILES string of the molecule is Cc1c(Cl)nc(C2CC2)nc1N1CCCC(C)(O)C1. The number of hydrogen-bond acceptors (Lipinski definition) is 4. The molecule has 1 saturated carbocycles. The second-order valence-corrected chi connectivity index (χ2v) is 6.48. The van der Waals surface area contributed by atoms with Crippen LogP contribution in [0.15, 0.2) is 0 Å². The van der Waals surface area contributed by atoms with Crippen LogP contribution >= 0.6 is 11.6 Å². The standard InChI is InChI=1S/C14H20ClN3O/c1-9-11(15)16-12(10-4-5-10)17-13(9)18-7-3-6-14(2,19)8-18/h10,19H,3-8H2,1-2H3. The van der Waals surface area contributed by atoms with Crippen molar-refractivity contribution in [2.75, 3.05) is 18.0 Å². The van der Waals surface area contributed by atoms with Gasteiger partial charge in [0.15, 0.2) is 0 Å². The number of nitrogens with zero attached hydrogens (tertiary/aromatic N) is 3. The van der Waals surface area contributed by atoms with Crippen LogP contribution < -0.4 is 4.90 Å². The van der Waals surface area contributed by atoms with Gasteiger partial charge in [0.2, 0.25) is 0 Å². The molecule has 1 aliphatic heterocycles. The van der Waals surface area contributed by atoms with Gasteiger partial charge in [-0.25, -0.2) is 9.97 Å². The van der Waals surface area contributed by atoms with Crippen LogP contribution in [-0.4, -0.2) is 33.8 Å². The first-order valence-corrected chi connectivity index (χ1v) is 7.35. The van der Waals surface area contributed by atoms with Crippen molar-refractivity contribution < 1.29 is 5.11 Å². The van der Waals surface area contributed by atoms with E-state index >= 15 is 0 Å². The van der Waals surface area contributed by atoms with Crippen molar-refractivity contribution in [1.82, 2.24) is 9.97 Å². The smallest absolute Gasteiger partial charge is 0.137 e. The molecule has 2 heterocycles. The van der Waals surface area contributed by atoms with Gasteiger partial charge in [0.1, 0.15) is 16.8 Å². The monoisotopic (exact) mass is 281 g/mol. The maximum absolute atomic E-state index is 10.2. The van der Waals surface area contributed by atoms with Gasteiger partial charge >= 0.3 is 0 Å². The van der Waals surface area contributed by atoms with Gasteiger partial charge < -0.3 is 10.0 Å². The summed E-state index contributed by atoms with van der Waals surface area (Å²) in [6.07, 6.45) is 4.15. The molecule has 0 amide bonds. The Morgan fingerprint density at radius 3 is 2.74 bits per heavy atom. The number of hydrogen-bond donors (Lipinski definition) is 1. The average Bonchev–Trinajstić information content (AvgIpc) is 3.15. The van der Waals surface area contributed by atoms with E-state index in [1.165, 1.54) is 0 Å². The first-order valence-electron chi connectivity index (χ1n) is 6.98. The van der Waals surface area contributed by atoms with Gasteiger partial charge in [0.05, 0.1) is 5.60 Å². The maximum atomic E-state index is 10.2. The summed E-state index contributed by atoms with van der Waals surface area (Å²) in [5.41, 5.74) is 0.283.